The number of nitrogens with one attached hydrogen (secondary N) is 1. The summed E-state index contributed by atoms with van der Waals surface area (Å²) in [5.74, 6) is 2.66. The molecule has 0 spiro atoms. The molecule has 1 aliphatic heterocycles. The van der Waals surface area contributed by atoms with Crippen LogP contribution in [0.1, 0.15) is 91.1 Å². The zero-order valence-corrected chi connectivity index (χ0v) is 38.6. The van der Waals surface area contributed by atoms with E-state index in [1.54, 1.807) is 51.8 Å². The third-order valence-corrected chi connectivity index (χ3v) is 15.9. The Morgan fingerprint density at radius 2 is 1.72 bits per heavy atom. The second-order valence-corrected chi connectivity index (χ2v) is 23.7. The Hall–Kier alpha value is -5.35. The summed E-state index contributed by atoms with van der Waals surface area (Å²) in [5.41, 5.74) is 3.18. The first-order valence-electron chi connectivity index (χ1n) is 20.5. The molecular weight excluding hydrogens is 778 g/mol. The summed E-state index contributed by atoms with van der Waals surface area (Å²) in [7, 11) is 0.722. The second kappa shape index (κ2) is 17.3. The van der Waals surface area contributed by atoms with Crippen molar-refractivity contribution in [3.05, 3.63) is 82.9 Å². The molecule has 60 heavy (non-hydrogen) atoms. The van der Waals surface area contributed by atoms with Crippen molar-refractivity contribution in [2.24, 2.45) is 0 Å². The number of terminal acetylenes is 1. The maximum atomic E-state index is 15.3. The van der Waals surface area contributed by atoms with Crippen molar-refractivity contribution in [1.29, 1.82) is 0 Å². The van der Waals surface area contributed by atoms with Crippen molar-refractivity contribution in [3.63, 3.8) is 0 Å². The van der Waals surface area contributed by atoms with E-state index in [4.69, 9.17) is 25.3 Å². The number of fused-ring (bicyclic) bond motifs is 2. The van der Waals surface area contributed by atoms with E-state index in [2.05, 4.69) is 45.1 Å². The Morgan fingerprint density at radius 3 is 2.30 bits per heavy atom. The number of nitrogens with zero attached hydrogens (tertiary/aromatic N) is 4. The molecule has 2 atom stereocenters. The third kappa shape index (κ3) is 9.98. The Labute approximate surface area is 356 Å². The van der Waals surface area contributed by atoms with Crippen LogP contribution in [0.15, 0.2) is 54.7 Å². The fourth-order valence-corrected chi connectivity index (χ4v) is 8.22. The lowest BCUT2D eigenvalue weighted by molar-refractivity contribution is -0.130. The van der Waals surface area contributed by atoms with Gasteiger partial charge in [-0.25, -0.2) is 14.2 Å². The molecule has 1 N–H and O–H groups in total. The van der Waals surface area contributed by atoms with E-state index in [-0.39, 0.29) is 36.1 Å². The lowest BCUT2D eigenvalue weighted by Crippen LogP contribution is -2.56. The zero-order chi connectivity index (χ0) is 44.5. The van der Waals surface area contributed by atoms with Crippen LogP contribution in [0, 0.1) is 18.2 Å². The Morgan fingerprint density at radius 1 is 1.05 bits per heavy atom. The summed E-state index contributed by atoms with van der Waals surface area (Å²) in [4.78, 5) is 51.1. The highest BCUT2D eigenvalue weighted by molar-refractivity contribution is 6.74. The van der Waals surface area contributed by atoms with Crippen LogP contribution in [0.25, 0.3) is 10.9 Å². The highest BCUT2D eigenvalue weighted by Gasteiger charge is 2.45. The quantitative estimate of drug-likeness (QED) is 0.106. The van der Waals surface area contributed by atoms with Crippen LogP contribution in [0.3, 0.4) is 0 Å². The van der Waals surface area contributed by atoms with Gasteiger partial charge in [0.2, 0.25) is 17.7 Å². The van der Waals surface area contributed by atoms with E-state index in [0.29, 0.717) is 36.0 Å². The highest BCUT2D eigenvalue weighted by Crippen LogP contribution is 2.45. The van der Waals surface area contributed by atoms with E-state index >= 15 is 4.79 Å². The number of hydrogen-bond donors (Lipinski definition) is 1. The molecule has 2 aromatic heterocycles. The van der Waals surface area contributed by atoms with Crippen molar-refractivity contribution in [2.75, 3.05) is 25.6 Å². The van der Waals surface area contributed by atoms with E-state index in [1.807, 2.05) is 48.9 Å². The molecular formula is C47H62FN5O6Si. The molecule has 3 heterocycles. The number of carbonyl (C=O) groups excluding carboxylic acids is 3. The molecule has 3 amide bonds. The van der Waals surface area contributed by atoms with Crippen molar-refractivity contribution in [3.8, 4) is 24.0 Å². The van der Waals surface area contributed by atoms with Crippen LogP contribution in [-0.2, 0) is 39.1 Å². The highest BCUT2D eigenvalue weighted by atomic mass is 28.4. The molecule has 5 rings (SSSR count). The molecule has 1 aliphatic rings. The molecule has 0 saturated heterocycles. The zero-order valence-electron chi connectivity index (χ0n) is 37.6. The van der Waals surface area contributed by atoms with Crippen LogP contribution >= 0.6 is 0 Å². The average Bonchev–Trinajstić information content (AvgIpc) is 3.62. The van der Waals surface area contributed by atoms with Crippen molar-refractivity contribution >= 4 is 42.8 Å². The predicted molar refractivity (Wildman–Crippen MR) is 238 cm³/mol. The smallest absolute Gasteiger partial charge is 0.410 e. The normalized spacial score (nSPS) is 14.8. The minimum Gasteiger partial charge on any atom is -0.530 e. The van der Waals surface area contributed by atoms with Gasteiger partial charge in [0.25, 0.3) is 8.32 Å². The SMILES string of the molecule is C#CCn1cc(C[C@H](NC(=O)[C@H](CC)N(C)C(=O)OC(C)(C)C)C(=O)N2CC(C)(C)c3nc(O[Si](C)(C)C(C)(C)C)c(Cc4ccc(F)cc4)cc32)c2cc(OC)ccc21. The van der Waals surface area contributed by atoms with Crippen LogP contribution in [0.2, 0.25) is 18.1 Å². The van der Waals surface area contributed by atoms with E-state index in [9.17, 15) is 14.0 Å². The fourth-order valence-electron chi connectivity index (χ4n) is 7.25. The lowest BCUT2D eigenvalue weighted by Gasteiger charge is -2.36. The number of pyridine rings is 1. The van der Waals surface area contributed by atoms with Gasteiger partial charge < -0.3 is 28.7 Å². The van der Waals surface area contributed by atoms with Gasteiger partial charge in [0.15, 0.2) is 0 Å². The van der Waals surface area contributed by atoms with Crippen molar-refractivity contribution < 1.29 is 32.7 Å². The third-order valence-electron chi connectivity index (χ3n) is 11.6. The van der Waals surface area contributed by atoms with Crippen LogP contribution in [-0.4, -0.2) is 79.1 Å². The largest absolute Gasteiger partial charge is 0.530 e. The van der Waals surface area contributed by atoms with Gasteiger partial charge >= 0.3 is 6.09 Å². The number of anilines is 1. The molecule has 322 valence electrons. The maximum absolute atomic E-state index is 15.3. The number of hydrogen-bond acceptors (Lipinski definition) is 7. The number of likely N-dealkylation sites (N-methyl/N-ethyl adjacent to an activating group) is 1. The average molecular weight is 840 g/mol. The van der Waals surface area contributed by atoms with Gasteiger partial charge in [0.05, 0.1) is 25.0 Å². The summed E-state index contributed by atoms with van der Waals surface area (Å²) in [6.45, 7) is 22.6. The van der Waals surface area contributed by atoms with E-state index in [1.165, 1.54) is 24.1 Å². The van der Waals surface area contributed by atoms with Crippen LogP contribution in [0.5, 0.6) is 11.6 Å². The molecule has 13 heteroatoms. The molecule has 4 aromatic rings. The minimum atomic E-state index is -2.39. The van der Waals surface area contributed by atoms with Crippen molar-refractivity contribution in [2.45, 2.75) is 129 Å². The maximum Gasteiger partial charge on any atom is 0.410 e. The predicted octanol–water partition coefficient (Wildman–Crippen LogP) is 8.79. The number of rotatable bonds is 13. The minimum absolute atomic E-state index is 0.104. The molecule has 0 bridgehead atoms. The first-order valence-corrected chi connectivity index (χ1v) is 23.4. The van der Waals surface area contributed by atoms with Crippen LogP contribution < -0.4 is 19.4 Å². The Bertz CT molecular complexity index is 2280. The number of ether oxygens (including phenoxy) is 2. The van der Waals surface area contributed by atoms with Gasteiger partial charge in [-0.15, -0.1) is 6.42 Å². The topological polar surface area (TPSA) is 115 Å². The molecule has 11 nitrogen and oxygen atoms in total. The Kier molecular flexibility index (Phi) is 13.2. The van der Waals surface area contributed by atoms with E-state index < -0.39 is 43.4 Å². The first kappa shape index (κ1) is 45.7. The molecule has 2 aromatic carbocycles. The molecule has 0 aliphatic carbocycles. The standard InChI is InChI=1S/C47H62FN5O6Si/c1-15-23-52-28-32(35-27-34(57-12)21-22-38(35)52)25-36(49-41(54)37(16-2)51(11)44(56)58-45(3,4)5)43(55)53-29-47(9,10)40-39(53)26-31(24-30-17-19-33(48)20-18-30)42(50-40)59-60(13,14)46(6,7)8/h1,17-22,26-28,36-37H,16,23-25,29H2,2-14H3,(H,49,54)/t36-,37-/m0/s1. The molecule has 0 radical (unpaired) electrons. The number of halogens is 1. The van der Waals surface area contributed by atoms with Gasteiger partial charge in [0, 0.05) is 54.5 Å². The lowest BCUT2D eigenvalue weighted by atomic mass is 9.91. The van der Waals surface area contributed by atoms with E-state index in [0.717, 1.165) is 27.6 Å². The molecule has 0 fully saturated rings. The number of aromatic nitrogens is 2. The summed E-state index contributed by atoms with van der Waals surface area (Å²) < 4.78 is 34.0. The van der Waals surface area contributed by atoms with Gasteiger partial charge in [-0.05, 0) is 92.8 Å². The van der Waals surface area contributed by atoms with Gasteiger partial charge in [0.1, 0.15) is 29.3 Å². The second-order valence-electron chi connectivity index (χ2n) is 18.9. The molecule has 0 saturated carbocycles. The number of carbonyl (C=O) groups is 3. The van der Waals surface area contributed by atoms with Gasteiger partial charge in [-0.2, -0.15) is 0 Å². The Balaban J connectivity index is 1.63. The number of amides is 3. The summed E-state index contributed by atoms with van der Waals surface area (Å²) in [6.07, 6.45) is 7.80. The number of benzene rings is 2. The summed E-state index contributed by atoms with van der Waals surface area (Å²) >= 11 is 0. The fraction of sp³-hybridized carbons (Fsp3) is 0.489. The summed E-state index contributed by atoms with van der Waals surface area (Å²) in [6, 6.07) is 12.0. The van der Waals surface area contributed by atoms with Crippen molar-refractivity contribution in [1.82, 2.24) is 19.8 Å². The molecule has 0 unspecified atom stereocenters. The van der Waals surface area contributed by atoms with Gasteiger partial charge in [-0.1, -0.05) is 59.6 Å². The van der Waals surface area contributed by atoms with Gasteiger partial charge in [-0.3, -0.25) is 14.5 Å². The monoisotopic (exact) mass is 839 g/mol. The first-order chi connectivity index (χ1) is 27.9. The number of methoxy groups -OCH3 is 1. The summed E-state index contributed by atoms with van der Waals surface area (Å²) in [5, 5.41) is 3.77. The van der Waals surface area contributed by atoms with Crippen LogP contribution in [0.4, 0.5) is 14.9 Å².